The fourth-order valence-corrected chi connectivity index (χ4v) is 2.58. The lowest BCUT2D eigenvalue weighted by molar-refractivity contribution is -0.128. The Labute approximate surface area is 118 Å². The van der Waals surface area contributed by atoms with Crippen LogP contribution in [-0.4, -0.2) is 38.7 Å². The molecule has 1 aliphatic heterocycles. The third-order valence-corrected chi connectivity index (χ3v) is 4.20. The van der Waals surface area contributed by atoms with E-state index in [1.54, 1.807) is 0 Å². The van der Waals surface area contributed by atoms with E-state index in [0.717, 1.165) is 37.3 Å². The van der Waals surface area contributed by atoms with E-state index in [1.807, 2.05) is 36.4 Å². The molecule has 0 atom stereocenters. The van der Waals surface area contributed by atoms with Gasteiger partial charge in [-0.1, -0.05) is 6.08 Å². The predicted molar refractivity (Wildman–Crippen MR) is 76.4 cm³/mol. The number of amides is 1. The van der Waals surface area contributed by atoms with Crippen LogP contribution in [0.1, 0.15) is 38.4 Å². The van der Waals surface area contributed by atoms with Crippen molar-refractivity contribution >= 4 is 18.1 Å². The summed E-state index contributed by atoms with van der Waals surface area (Å²) in [5, 5.41) is 7.11. The van der Waals surface area contributed by atoms with Gasteiger partial charge in [0, 0.05) is 31.6 Å². The predicted octanol–water partition coefficient (Wildman–Crippen LogP) is 2.15. The van der Waals surface area contributed by atoms with Gasteiger partial charge < -0.3 is 9.47 Å². The number of likely N-dealkylation sites (tertiary alicyclic amines) is 1. The molecule has 2 heterocycles. The summed E-state index contributed by atoms with van der Waals surface area (Å²) in [5.41, 5.74) is 0.816. The minimum atomic E-state index is 0.149. The van der Waals surface area contributed by atoms with Gasteiger partial charge in [-0.3, -0.25) is 9.89 Å². The van der Waals surface area contributed by atoms with E-state index in [2.05, 4.69) is 10.2 Å². The first kappa shape index (κ1) is 14.0. The highest BCUT2D eigenvalue weighted by molar-refractivity contribution is 7.71. The van der Waals surface area contributed by atoms with Crippen molar-refractivity contribution < 1.29 is 4.79 Å². The maximum atomic E-state index is 12.1. The van der Waals surface area contributed by atoms with Crippen LogP contribution in [0, 0.1) is 4.77 Å². The molecule has 0 radical (unpaired) electrons. The number of H-pyrrole nitrogens is 1. The van der Waals surface area contributed by atoms with Gasteiger partial charge in [0.2, 0.25) is 5.91 Å². The third-order valence-electron chi connectivity index (χ3n) is 3.83. The Morgan fingerprint density at radius 3 is 2.58 bits per heavy atom. The van der Waals surface area contributed by atoms with Crippen LogP contribution in [0.3, 0.4) is 0 Å². The van der Waals surface area contributed by atoms with Crippen LogP contribution in [0.25, 0.3) is 0 Å². The summed E-state index contributed by atoms with van der Waals surface area (Å²) in [7, 11) is 1.93. The van der Waals surface area contributed by atoms with Gasteiger partial charge in [0.05, 0.1) is 0 Å². The van der Waals surface area contributed by atoms with Gasteiger partial charge >= 0.3 is 0 Å². The number of aromatic amines is 1. The molecule has 5 nitrogen and oxygen atoms in total. The molecule has 0 aliphatic carbocycles. The number of allylic oxidation sites excluding steroid dienone is 1. The summed E-state index contributed by atoms with van der Waals surface area (Å²) < 4.78 is 2.58. The van der Waals surface area contributed by atoms with Crippen molar-refractivity contribution in [1.82, 2.24) is 19.7 Å². The first-order valence-electron chi connectivity index (χ1n) is 6.58. The Morgan fingerprint density at radius 2 is 2.11 bits per heavy atom. The molecule has 1 N–H and O–H groups in total. The van der Waals surface area contributed by atoms with Gasteiger partial charge in [-0.15, -0.1) is 0 Å². The van der Waals surface area contributed by atoms with Crippen molar-refractivity contribution in [2.45, 2.75) is 32.6 Å². The summed E-state index contributed by atoms with van der Waals surface area (Å²) in [4.78, 5) is 14.0. The molecule has 2 rings (SSSR count). The first-order chi connectivity index (χ1) is 9.04. The number of piperidine rings is 1. The van der Waals surface area contributed by atoms with E-state index in [-0.39, 0.29) is 5.91 Å². The molecule has 1 saturated heterocycles. The van der Waals surface area contributed by atoms with E-state index >= 15 is 0 Å². The van der Waals surface area contributed by atoms with Crippen molar-refractivity contribution in [2.75, 3.05) is 13.1 Å². The zero-order chi connectivity index (χ0) is 14.0. The van der Waals surface area contributed by atoms with Crippen LogP contribution in [0.5, 0.6) is 0 Å². The average molecular weight is 280 g/mol. The van der Waals surface area contributed by atoms with Crippen LogP contribution < -0.4 is 0 Å². The van der Waals surface area contributed by atoms with Crippen LogP contribution >= 0.6 is 12.2 Å². The Bertz CT molecular complexity index is 549. The highest BCUT2D eigenvalue weighted by atomic mass is 32.1. The molecule has 0 unspecified atom stereocenters. The van der Waals surface area contributed by atoms with E-state index in [1.165, 1.54) is 0 Å². The van der Waals surface area contributed by atoms with Crippen molar-refractivity contribution in [2.24, 2.45) is 7.05 Å². The summed E-state index contributed by atoms with van der Waals surface area (Å²) in [6.07, 6.45) is 3.75. The summed E-state index contributed by atoms with van der Waals surface area (Å²) in [6, 6.07) is 0. The Kier molecular flexibility index (Phi) is 4.19. The molecule has 1 fully saturated rings. The summed E-state index contributed by atoms with van der Waals surface area (Å²) in [6.45, 7) is 5.34. The monoisotopic (exact) mass is 280 g/mol. The largest absolute Gasteiger partial charge is 0.339 e. The maximum Gasteiger partial charge on any atom is 0.249 e. The molecule has 104 valence electrons. The van der Waals surface area contributed by atoms with Crippen molar-refractivity contribution in [3.8, 4) is 0 Å². The van der Waals surface area contributed by atoms with Gasteiger partial charge in [-0.25, -0.2) is 0 Å². The Balaban J connectivity index is 2.02. The molecular formula is C13H20N4OS. The van der Waals surface area contributed by atoms with Crippen molar-refractivity contribution in [1.29, 1.82) is 0 Å². The molecule has 0 saturated carbocycles. The van der Waals surface area contributed by atoms with Crippen molar-refractivity contribution in [3.05, 3.63) is 22.2 Å². The molecule has 0 aromatic carbocycles. The quantitative estimate of drug-likeness (QED) is 0.667. The lowest BCUT2D eigenvalue weighted by Gasteiger charge is -2.31. The smallest absolute Gasteiger partial charge is 0.249 e. The molecule has 19 heavy (non-hydrogen) atoms. The van der Waals surface area contributed by atoms with E-state index < -0.39 is 0 Å². The number of carbonyl (C=O) groups is 1. The fourth-order valence-electron chi connectivity index (χ4n) is 2.44. The van der Waals surface area contributed by atoms with Crippen LogP contribution in [0.4, 0.5) is 0 Å². The molecule has 1 amide bonds. The van der Waals surface area contributed by atoms with Gasteiger partial charge in [0.15, 0.2) is 4.77 Å². The molecular weight excluding hydrogens is 260 g/mol. The van der Waals surface area contributed by atoms with Gasteiger partial charge in [0.1, 0.15) is 5.82 Å². The number of nitrogens with zero attached hydrogens (tertiary/aromatic N) is 3. The standard InChI is InChI=1S/C13H20N4OS/c1-4-9(2)12(18)17-7-5-10(6-8-17)11-14-15-13(19)16(11)3/h4,10H,5-8H2,1-3H3,(H,15,19)/b9-4-. The number of rotatable bonds is 2. The van der Waals surface area contributed by atoms with Gasteiger partial charge in [-0.05, 0) is 38.9 Å². The number of hydrogen-bond donors (Lipinski definition) is 1. The average Bonchev–Trinajstić information content (AvgIpc) is 2.77. The van der Waals surface area contributed by atoms with Gasteiger partial charge in [-0.2, -0.15) is 5.10 Å². The number of carbonyl (C=O) groups excluding carboxylic acids is 1. The normalized spacial score (nSPS) is 17.8. The molecule has 1 aliphatic rings. The second kappa shape index (κ2) is 5.69. The topological polar surface area (TPSA) is 53.9 Å². The van der Waals surface area contributed by atoms with E-state index in [4.69, 9.17) is 12.2 Å². The SMILES string of the molecule is C/C=C(/C)C(=O)N1CCC(c2n[nH]c(=S)n2C)CC1. The van der Waals surface area contributed by atoms with Crippen LogP contribution in [0.15, 0.2) is 11.6 Å². The fraction of sp³-hybridized carbons (Fsp3) is 0.615. The van der Waals surface area contributed by atoms with Crippen LogP contribution in [-0.2, 0) is 11.8 Å². The first-order valence-corrected chi connectivity index (χ1v) is 6.99. The minimum Gasteiger partial charge on any atom is -0.339 e. The number of aromatic nitrogens is 3. The van der Waals surface area contributed by atoms with E-state index in [0.29, 0.717) is 10.7 Å². The lowest BCUT2D eigenvalue weighted by Crippen LogP contribution is -2.38. The van der Waals surface area contributed by atoms with Crippen LogP contribution in [0.2, 0.25) is 0 Å². The summed E-state index contributed by atoms with van der Waals surface area (Å²) >= 11 is 5.13. The number of nitrogens with one attached hydrogen (secondary N) is 1. The zero-order valence-electron chi connectivity index (χ0n) is 11.6. The highest BCUT2D eigenvalue weighted by Crippen LogP contribution is 2.26. The molecule has 0 spiro atoms. The molecule has 6 heteroatoms. The third kappa shape index (κ3) is 2.78. The summed E-state index contributed by atoms with van der Waals surface area (Å²) in [5.74, 6) is 1.53. The molecule has 1 aromatic heterocycles. The van der Waals surface area contributed by atoms with E-state index in [9.17, 15) is 4.79 Å². The number of hydrogen-bond acceptors (Lipinski definition) is 3. The Hall–Kier alpha value is -1.43. The lowest BCUT2D eigenvalue weighted by atomic mass is 9.95. The maximum absolute atomic E-state index is 12.1. The molecule has 0 bridgehead atoms. The second-order valence-corrected chi connectivity index (χ2v) is 5.37. The second-order valence-electron chi connectivity index (χ2n) is 4.98. The minimum absolute atomic E-state index is 0.149. The van der Waals surface area contributed by atoms with Gasteiger partial charge in [0.25, 0.3) is 0 Å². The highest BCUT2D eigenvalue weighted by Gasteiger charge is 2.26. The Morgan fingerprint density at radius 1 is 1.47 bits per heavy atom. The zero-order valence-corrected chi connectivity index (χ0v) is 12.5. The molecule has 1 aromatic rings. The van der Waals surface area contributed by atoms with Crippen molar-refractivity contribution in [3.63, 3.8) is 0 Å².